The Morgan fingerprint density at radius 1 is 1.05 bits per heavy atom. The van der Waals surface area contributed by atoms with Crippen LogP contribution in [0, 0.1) is 24.5 Å². The third kappa shape index (κ3) is 5.20. The number of pyridine rings is 1. The molecule has 0 radical (unpaired) electrons. The first kappa shape index (κ1) is 28.1. The number of nitrogens with zero attached hydrogens (tertiary/aromatic N) is 3. The van der Waals surface area contributed by atoms with Gasteiger partial charge in [0.15, 0.2) is 5.82 Å². The molecule has 42 heavy (non-hydrogen) atoms. The SMILES string of the molecule is Cc1nnc2c(OC3CC3)cc(C(N)=O)cc2c1CC(O)(c1cc(C(C)(C)O)c(F)c(-c2ccc(F)cc2)n1)C1CC1. The zero-order chi connectivity index (χ0) is 30.0. The number of aliphatic hydroxyl groups is 2. The number of carbonyl (C=O) groups is 1. The zero-order valence-electron chi connectivity index (χ0n) is 23.6. The van der Waals surface area contributed by atoms with E-state index in [4.69, 9.17) is 10.5 Å². The first-order chi connectivity index (χ1) is 19.8. The summed E-state index contributed by atoms with van der Waals surface area (Å²) in [5, 5.41) is 32.7. The monoisotopic (exact) mass is 574 g/mol. The Morgan fingerprint density at radius 3 is 2.33 bits per heavy atom. The number of carbonyl (C=O) groups excluding carboxylic acids is 1. The minimum Gasteiger partial charge on any atom is -0.488 e. The van der Waals surface area contributed by atoms with E-state index in [0.29, 0.717) is 46.3 Å². The molecule has 2 fully saturated rings. The molecule has 2 saturated carbocycles. The van der Waals surface area contributed by atoms with Gasteiger partial charge < -0.3 is 20.7 Å². The topological polar surface area (TPSA) is 131 Å². The van der Waals surface area contributed by atoms with Crippen LogP contribution in [0.15, 0.2) is 42.5 Å². The molecule has 2 heterocycles. The Balaban J connectivity index is 1.54. The molecule has 4 N–H and O–H groups in total. The zero-order valence-corrected chi connectivity index (χ0v) is 23.6. The van der Waals surface area contributed by atoms with Crippen LogP contribution in [-0.2, 0) is 17.6 Å². The van der Waals surface area contributed by atoms with Crippen molar-refractivity contribution in [2.75, 3.05) is 0 Å². The molecule has 2 aromatic heterocycles. The normalized spacial score (nSPS) is 16.8. The van der Waals surface area contributed by atoms with Gasteiger partial charge in [-0.2, -0.15) is 5.10 Å². The molecule has 0 saturated heterocycles. The summed E-state index contributed by atoms with van der Waals surface area (Å²) >= 11 is 0. The van der Waals surface area contributed by atoms with Crippen LogP contribution in [0.4, 0.5) is 8.78 Å². The highest BCUT2D eigenvalue weighted by Gasteiger charge is 2.48. The third-order valence-corrected chi connectivity index (χ3v) is 8.12. The highest BCUT2D eigenvalue weighted by molar-refractivity contribution is 6.00. The van der Waals surface area contributed by atoms with E-state index in [9.17, 15) is 19.4 Å². The molecule has 10 heteroatoms. The van der Waals surface area contributed by atoms with Crippen molar-refractivity contribution in [1.82, 2.24) is 15.2 Å². The van der Waals surface area contributed by atoms with Crippen LogP contribution in [0.25, 0.3) is 22.2 Å². The minimum absolute atomic E-state index is 0.0212. The number of nitrogens with two attached hydrogens (primary N) is 1. The maximum Gasteiger partial charge on any atom is 0.248 e. The van der Waals surface area contributed by atoms with E-state index in [2.05, 4.69) is 15.2 Å². The lowest BCUT2D eigenvalue weighted by atomic mass is 9.82. The van der Waals surface area contributed by atoms with Crippen molar-refractivity contribution in [3.8, 4) is 17.0 Å². The molecule has 0 spiro atoms. The number of aromatic nitrogens is 3. The minimum atomic E-state index is -1.60. The first-order valence-corrected chi connectivity index (χ1v) is 14.0. The van der Waals surface area contributed by atoms with Crippen molar-refractivity contribution >= 4 is 16.8 Å². The molecule has 8 nitrogen and oxygen atoms in total. The molecule has 1 atom stereocenters. The van der Waals surface area contributed by atoms with Crippen molar-refractivity contribution in [1.29, 1.82) is 0 Å². The van der Waals surface area contributed by atoms with Crippen molar-refractivity contribution in [3.63, 3.8) is 0 Å². The number of ether oxygens (including phenoxy) is 1. The van der Waals surface area contributed by atoms with Crippen LogP contribution in [-0.4, -0.2) is 37.4 Å². The Bertz CT molecular complexity index is 1710. The molecule has 2 aliphatic rings. The van der Waals surface area contributed by atoms with E-state index in [1.807, 2.05) is 0 Å². The van der Waals surface area contributed by atoms with Gasteiger partial charge in [-0.15, -0.1) is 5.10 Å². The highest BCUT2D eigenvalue weighted by atomic mass is 19.1. The summed E-state index contributed by atoms with van der Waals surface area (Å²) in [4.78, 5) is 16.9. The number of halogens is 2. The largest absolute Gasteiger partial charge is 0.488 e. The summed E-state index contributed by atoms with van der Waals surface area (Å²) < 4.78 is 35.6. The lowest BCUT2D eigenvalue weighted by Gasteiger charge is -2.31. The fourth-order valence-electron chi connectivity index (χ4n) is 5.41. The van der Waals surface area contributed by atoms with Gasteiger partial charge in [-0.25, -0.2) is 13.8 Å². The molecule has 4 aromatic rings. The second-order valence-electron chi connectivity index (χ2n) is 12.0. The number of amides is 1. The van der Waals surface area contributed by atoms with Crippen LogP contribution >= 0.6 is 0 Å². The number of rotatable bonds is 9. The van der Waals surface area contributed by atoms with Gasteiger partial charge >= 0.3 is 0 Å². The maximum atomic E-state index is 15.8. The van der Waals surface area contributed by atoms with Crippen molar-refractivity contribution < 1.29 is 28.5 Å². The molecule has 0 aliphatic heterocycles. The number of benzene rings is 2. The summed E-state index contributed by atoms with van der Waals surface area (Å²) in [6.07, 6.45) is 3.25. The fourth-order valence-corrected chi connectivity index (χ4v) is 5.41. The average molecular weight is 575 g/mol. The smallest absolute Gasteiger partial charge is 0.248 e. The first-order valence-electron chi connectivity index (χ1n) is 14.0. The molecule has 6 rings (SSSR count). The van der Waals surface area contributed by atoms with Crippen LogP contribution in [0.1, 0.15) is 72.4 Å². The molecule has 2 aromatic carbocycles. The summed E-state index contributed by atoms with van der Waals surface area (Å²) in [5.41, 5.74) is 4.64. The van der Waals surface area contributed by atoms with Gasteiger partial charge in [-0.05, 0) is 100 Å². The second kappa shape index (κ2) is 10.1. The lowest BCUT2D eigenvalue weighted by Crippen LogP contribution is -2.34. The average Bonchev–Trinajstić information content (AvgIpc) is 3.85. The number of primary amides is 1. The van der Waals surface area contributed by atoms with Gasteiger partial charge in [0.1, 0.15) is 28.4 Å². The van der Waals surface area contributed by atoms with E-state index in [0.717, 1.165) is 12.8 Å². The number of hydrogen-bond acceptors (Lipinski definition) is 7. The van der Waals surface area contributed by atoms with Crippen LogP contribution in [0.5, 0.6) is 5.75 Å². The van der Waals surface area contributed by atoms with Crippen LogP contribution in [0.2, 0.25) is 0 Å². The second-order valence-corrected chi connectivity index (χ2v) is 12.0. The van der Waals surface area contributed by atoms with Gasteiger partial charge in [-0.1, -0.05) is 0 Å². The van der Waals surface area contributed by atoms with Gasteiger partial charge in [0.25, 0.3) is 0 Å². The summed E-state index contributed by atoms with van der Waals surface area (Å²) in [6.45, 7) is 4.67. The van der Waals surface area contributed by atoms with E-state index in [1.165, 1.54) is 44.2 Å². The third-order valence-electron chi connectivity index (χ3n) is 8.12. The number of hydrogen-bond donors (Lipinski definition) is 3. The highest BCUT2D eigenvalue weighted by Crippen LogP contribution is 2.49. The van der Waals surface area contributed by atoms with Gasteiger partial charge in [0.2, 0.25) is 5.91 Å². The molecule has 2 aliphatic carbocycles. The lowest BCUT2D eigenvalue weighted by molar-refractivity contribution is 0.00804. The maximum absolute atomic E-state index is 15.8. The predicted molar refractivity (Wildman–Crippen MR) is 152 cm³/mol. The van der Waals surface area contributed by atoms with Crippen molar-refractivity contribution in [2.45, 2.75) is 70.2 Å². The van der Waals surface area contributed by atoms with E-state index < -0.39 is 28.7 Å². The quantitative estimate of drug-likeness (QED) is 0.257. The molecular weight excluding hydrogens is 542 g/mol. The Kier molecular flexibility index (Phi) is 6.74. The van der Waals surface area contributed by atoms with Gasteiger partial charge in [-0.3, -0.25) is 4.79 Å². The Morgan fingerprint density at radius 2 is 1.74 bits per heavy atom. The van der Waals surface area contributed by atoms with Gasteiger partial charge in [0, 0.05) is 28.5 Å². The number of aryl methyl sites for hydroxylation is 1. The van der Waals surface area contributed by atoms with E-state index in [1.54, 1.807) is 19.1 Å². The molecule has 0 bridgehead atoms. The molecule has 218 valence electrons. The fraction of sp³-hybridized carbons (Fsp3) is 0.375. The summed E-state index contributed by atoms with van der Waals surface area (Å²) in [6, 6.07) is 9.83. The molecule has 1 unspecified atom stereocenters. The van der Waals surface area contributed by atoms with Crippen LogP contribution in [0.3, 0.4) is 0 Å². The number of fused-ring (bicyclic) bond motifs is 1. The summed E-state index contributed by atoms with van der Waals surface area (Å²) in [5.74, 6) is -1.68. The predicted octanol–water partition coefficient (Wildman–Crippen LogP) is 4.99. The standard InChI is InChI=1S/C32H32F2N4O4/c1-16-23(22-12-18(30(35)39)13-25(29(22)38-37-16)42-21-10-11-21)15-32(41,19-6-7-19)26-14-24(31(2,3)40)27(34)28(36-26)17-4-8-20(33)9-5-17/h4-5,8-9,12-14,19,21,40-41H,6-7,10-11,15H2,1-3H3,(H2,35,39). The summed E-state index contributed by atoms with van der Waals surface area (Å²) in [7, 11) is 0. The van der Waals surface area contributed by atoms with Gasteiger partial charge in [0.05, 0.1) is 23.1 Å². The van der Waals surface area contributed by atoms with E-state index in [-0.39, 0.29) is 41.0 Å². The Labute approximate surface area is 241 Å². The van der Waals surface area contributed by atoms with Crippen LogP contribution < -0.4 is 10.5 Å². The van der Waals surface area contributed by atoms with E-state index >= 15 is 4.39 Å². The van der Waals surface area contributed by atoms with Crippen molar-refractivity contribution in [3.05, 3.63) is 82.2 Å². The Hall–Kier alpha value is -4.02. The molecular formula is C32H32F2N4O4. The molecule has 1 amide bonds. The van der Waals surface area contributed by atoms with Crippen molar-refractivity contribution in [2.24, 2.45) is 11.7 Å².